The summed E-state index contributed by atoms with van der Waals surface area (Å²) in [4.78, 5) is 10.7. The lowest BCUT2D eigenvalue weighted by atomic mass is 9.81. The van der Waals surface area contributed by atoms with Gasteiger partial charge in [0.2, 0.25) is 0 Å². The highest BCUT2D eigenvalue weighted by Gasteiger charge is 2.22. The highest BCUT2D eigenvalue weighted by Crippen LogP contribution is 2.35. The third-order valence-corrected chi connectivity index (χ3v) is 5.08. The number of halogens is 2. The summed E-state index contributed by atoms with van der Waals surface area (Å²) in [5.74, 6) is 1.42. The molecule has 0 amide bonds. The zero-order chi connectivity index (χ0) is 15.4. The molecular formula is C15H20Cl2N2O2. The first-order valence-electron chi connectivity index (χ1n) is 7.38. The van der Waals surface area contributed by atoms with Crippen LogP contribution in [0.4, 0.5) is 11.4 Å². The highest BCUT2D eigenvalue weighted by atomic mass is 35.5. The van der Waals surface area contributed by atoms with E-state index in [1.807, 2.05) is 0 Å². The molecule has 1 aliphatic carbocycles. The van der Waals surface area contributed by atoms with E-state index in [2.05, 4.69) is 12.2 Å². The summed E-state index contributed by atoms with van der Waals surface area (Å²) < 4.78 is 0. The molecule has 1 aliphatic rings. The maximum atomic E-state index is 11.1. The third-order valence-electron chi connectivity index (χ3n) is 4.36. The number of hydrogen-bond donors (Lipinski definition) is 1. The fourth-order valence-electron chi connectivity index (χ4n) is 2.93. The fourth-order valence-corrected chi connectivity index (χ4v) is 3.25. The molecule has 0 aliphatic heterocycles. The number of rotatable bonds is 5. The highest BCUT2D eigenvalue weighted by molar-refractivity contribution is 6.42. The van der Waals surface area contributed by atoms with Gasteiger partial charge in [-0.15, -0.1) is 0 Å². The number of anilines is 1. The van der Waals surface area contributed by atoms with Gasteiger partial charge in [-0.05, 0) is 30.7 Å². The molecule has 0 heterocycles. The summed E-state index contributed by atoms with van der Waals surface area (Å²) in [5.41, 5.74) is 0.429. The van der Waals surface area contributed by atoms with Gasteiger partial charge < -0.3 is 5.32 Å². The number of nitrogens with zero attached hydrogens (tertiary/aromatic N) is 1. The molecule has 1 aromatic carbocycles. The van der Waals surface area contributed by atoms with Crippen molar-refractivity contribution in [2.75, 3.05) is 11.9 Å². The van der Waals surface area contributed by atoms with Crippen molar-refractivity contribution in [1.82, 2.24) is 0 Å². The van der Waals surface area contributed by atoms with Gasteiger partial charge in [0.15, 0.2) is 0 Å². The normalized spacial score (nSPS) is 22.0. The number of nitrogens with one attached hydrogen (secondary N) is 1. The van der Waals surface area contributed by atoms with E-state index in [1.54, 1.807) is 6.07 Å². The first-order valence-corrected chi connectivity index (χ1v) is 8.14. The Bertz CT molecular complexity index is 515. The topological polar surface area (TPSA) is 55.2 Å². The molecule has 1 N–H and O–H groups in total. The summed E-state index contributed by atoms with van der Waals surface area (Å²) in [6.07, 6.45) is 6.12. The average Bonchev–Trinajstić information content (AvgIpc) is 2.48. The Morgan fingerprint density at radius 3 is 2.33 bits per heavy atom. The van der Waals surface area contributed by atoms with Crippen molar-refractivity contribution < 1.29 is 4.92 Å². The average molecular weight is 331 g/mol. The summed E-state index contributed by atoms with van der Waals surface area (Å²) in [6, 6.07) is 2.85. The van der Waals surface area contributed by atoms with Gasteiger partial charge in [0, 0.05) is 12.6 Å². The van der Waals surface area contributed by atoms with Crippen molar-refractivity contribution >= 4 is 34.6 Å². The molecule has 21 heavy (non-hydrogen) atoms. The van der Waals surface area contributed by atoms with Crippen molar-refractivity contribution in [2.45, 2.75) is 39.0 Å². The third kappa shape index (κ3) is 4.24. The van der Waals surface area contributed by atoms with Gasteiger partial charge in [-0.3, -0.25) is 10.1 Å². The van der Waals surface area contributed by atoms with Gasteiger partial charge in [0.1, 0.15) is 5.69 Å². The Labute approximate surface area is 135 Å². The van der Waals surface area contributed by atoms with Crippen LogP contribution in [0.5, 0.6) is 0 Å². The molecule has 1 fully saturated rings. The van der Waals surface area contributed by atoms with Gasteiger partial charge >= 0.3 is 0 Å². The predicted molar refractivity (Wildman–Crippen MR) is 87.3 cm³/mol. The van der Waals surface area contributed by atoms with Crippen molar-refractivity contribution in [1.29, 1.82) is 0 Å². The minimum absolute atomic E-state index is 0.0216. The van der Waals surface area contributed by atoms with Gasteiger partial charge in [0.25, 0.3) is 5.69 Å². The van der Waals surface area contributed by atoms with Crippen molar-refractivity contribution in [3.8, 4) is 0 Å². The molecule has 0 spiro atoms. The van der Waals surface area contributed by atoms with E-state index in [4.69, 9.17) is 23.2 Å². The number of nitro benzene ring substituents is 1. The Morgan fingerprint density at radius 1 is 1.19 bits per heavy atom. The molecule has 116 valence electrons. The Morgan fingerprint density at radius 2 is 1.76 bits per heavy atom. The van der Waals surface area contributed by atoms with Crippen LogP contribution in [0.3, 0.4) is 0 Å². The number of nitro groups is 1. The molecule has 0 saturated heterocycles. The second-order valence-corrected chi connectivity index (χ2v) is 6.53. The minimum Gasteiger partial charge on any atom is -0.379 e. The maximum Gasteiger partial charge on any atom is 0.293 e. The molecule has 4 nitrogen and oxygen atoms in total. The van der Waals surface area contributed by atoms with E-state index in [0.717, 1.165) is 12.5 Å². The second-order valence-electron chi connectivity index (χ2n) is 5.72. The lowest BCUT2D eigenvalue weighted by Crippen LogP contribution is -2.21. The van der Waals surface area contributed by atoms with Crippen molar-refractivity contribution in [2.24, 2.45) is 11.8 Å². The van der Waals surface area contributed by atoms with Crippen LogP contribution in [-0.4, -0.2) is 11.5 Å². The Balaban J connectivity index is 2.00. The second kappa shape index (κ2) is 7.32. The zero-order valence-electron chi connectivity index (χ0n) is 12.1. The first-order chi connectivity index (χ1) is 10.0. The molecule has 6 heteroatoms. The van der Waals surface area contributed by atoms with Crippen LogP contribution in [-0.2, 0) is 0 Å². The molecule has 1 aromatic rings. The first kappa shape index (κ1) is 16.4. The van der Waals surface area contributed by atoms with Crippen LogP contribution >= 0.6 is 23.2 Å². The number of benzene rings is 1. The van der Waals surface area contributed by atoms with Crippen LogP contribution in [0.15, 0.2) is 12.1 Å². The monoisotopic (exact) mass is 330 g/mol. The van der Waals surface area contributed by atoms with E-state index in [0.29, 0.717) is 16.6 Å². The molecule has 0 radical (unpaired) electrons. The standard InChI is InChI=1S/C15H20Cl2N2O2/c1-2-10-3-5-11(6-4-10)9-18-14-7-12(16)13(17)8-15(14)19(20)21/h7-8,10-11,18H,2-6,9H2,1H3. The van der Waals surface area contributed by atoms with Gasteiger partial charge in [-0.2, -0.15) is 0 Å². The van der Waals surface area contributed by atoms with E-state index < -0.39 is 4.92 Å². The smallest absolute Gasteiger partial charge is 0.293 e. The van der Waals surface area contributed by atoms with Gasteiger partial charge in [-0.1, -0.05) is 49.4 Å². The Kier molecular flexibility index (Phi) is 5.71. The molecule has 0 atom stereocenters. The van der Waals surface area contributed by atoms with Crippen LogP contribution in [0, 0.1) is 22.0 Å². The number of hydrogen-bond acceptors (Lipinski definition) is 3. The van der Waals surface area contributed by atoms with Crippen LogP contribution in [0.1, 0.15) is 39.0 Å². The largest absolute Gasteiger partial charge is 0.379 e. The van der Waals surface area contributed by atoms with Crippen molar-refractivity contribution in [3.63, 3.8) is 0 Å². The predicted octanol–water partition coefficient (Wildman–Crippen LogP) is 5.53. The maximum absolute atomic E-state index is 11.1. The molecule has 0 bridgehead atoms. The fraction of sp³-hybridized carbons (Fsp3) is 0.600. The van der Waals surface area contributed by atoms with E-state index in [9.17, 15) is 10.1 Å². The van der Waals surface area contributed by atoms with Crippen molar-refractivity contribution in [3.05, 3.63) is 32.3 Å². The van der Waals surface area contributed by atoms with E-state index >= 15 is 0 Å². The lowest BCUT2D eigenvalue weighted by molar-refractivity contribution is -0.383. The SMILES string of the molecule is CCC1CCC(CNc2cc(Cl)c(Cl)cc2[N+](=O)[O-])CC1. The van der Waals surface area contributed by atoms with E-state index in [-0.39, 0.29) is 10.7 Å². The summed E-state index contributed by atoms with van der Waals surface area (Å²) >= 11 is 11.8. The molecule has 0 aromatic heterocycles. The molecular weight excluding hydrogens is 311 g/mol. The molecule has 1 saturated carbocycles. The van der Waals surface area contributed by atoms with Crippen LogP contribution in [0.2, 0.25) is 10.0 Å². The summed E-state index contributed by atoms with van der Waals surface area (Å²) in [6.45, 7) is 2.98. The van der Waals surface area contributed by atoms with Crippen LogP contribution < -0.4 is 5.32 Å². The van der Waals surface area contributed by atoms with Crippen LogP contribution in [0.25, 0.3) is 0 Å². The molecule has 0 unspecified atom stereocenters. The van der Waals surface area contributed by atoms with Gasteiger partial charge in [0.05, 0.1) is 15.0 Å². The zero-order valence-corrected chi connectivity index (χ0v) is 13.6. The summed E-state index contributed by atoms with van der Waals surface area (Å²) in [7, 11) is 0. The van der Waals surface area contributed by atoms with Gasteiger partial charge in [-0.25, -0.2) is 0 Å². The summed E-state index contributed by atoms with van der Waals surface area (Å²) in [5, 5.41) is 14.8. The molecule has 2 rings (SSSR count). The quantitative estimate of drug-likeness (QED) is 0.570. The lowest BCUT2D eigenvalue weighted by Gasteiger charge is -2.28. The minimum atomic E-state index is -0.432. The Hall–Kier alpha value is -1.00. The van der Waals surface area contributed by atoms with E-state index in [1.165, 1.54) is 38.2 Å².